The molecule has 2 N–H and O–H groups in total. The van der Waals surface area contributed by atoms with Gasteiger partial charge in [-0.3, -0.25) is 0 Å². The zero-order valence-corrected chi connectivity index (χ0v) is 10.2. The molecule has 0 aliphatic carbocycles. The average molecular weight is 210 g/mol. The molecule has 4 heteroatoms. The number of hydrogen-bond acceptors (Lipinski definition) is 3. The van der Waals surface area contributed by atoms with Gasteiger partial charge in [0.15, 0.2) is 0 Å². The quantitative estimate of drug-likeness (QED) is 0.692. The van der Waals surface area contributed by atoms with Crippen molar-refractivity contribution in [2.45, 2.75) is 33.4 Å². The Morgan fingerprint density at radius 2 is 2.27 bits per heavy atom. The number of imidazole rings is 1. The summed E-state index contributed by atoms with van der Waals surface area (Å²) in [6.07, 6.45) is 1.74. The van der Waals surface area contributed by atoms with Crippen LogP contribution in [-0.4, -0.2) is 41.0 Å². The number of aromatic amines is 1. The van der Waals surface area contributed by atoms with Gasteiger partial charge in [0.2, 0.25) is 0 Å². The first kappa shape index (κ1) is 12.2. The Morgan fingerprint density at radius 3 is 2.80 bits per heavy atom. The molecule has 0 unspecified atom stereocenters. The highest BCUT2D eigenvalue weighted by Gasteiger charge is 2.03. The van der Waals surface area contributed by atoms with E-state index in [2.05, 4.69) is 41.1 Å². The summed E-state index contributed by atoms with van der Waals surface area (Å²) >= 11 is 0. The zero-order chi connectivity index (χ0) is 11.3. The molecular formula is C11H22N4. The van der Waals surface area contributed by atoms with Crippen molar-refractivity contribution in [3.63, 3.8) is 0 Å². The van der Waals surface area contributed by atoms with Crippen LogP contribution in [0, 0.1) is 6.92 Å². The van der Waals surface area contributed by atoms with E-state index in [9.17, 15) is 0 Å². The van der Waals surface area contributed by atoms with Crippen molar-refractivity contribution < 1.29 is 0 Å². The highest BCUT2D eigenvalue weighted by Crippen LogP contribution is 1.99. The Kier molecular flexibility index (Phi) is 4.78. The largest absolute Gasteiger partial charge is 0.348 e. The lowest BCUT2D eigenvalue weighted by Gasteiger charge is -2.20. The van der Waals surface area contributed by atoms with Gasteiger partial charge in [0, 0.05) is 31.4 Å². The van der Waals surface area contributed by atoms with Crippen LogP contribution in [-0.2, 0) is 6.54 Å². The SMILES string of the molecule is Cc1[nH]cnc1CNCCN(C)C(C)C. The second kappa shape index (κ2) is 5.88. The van der Waals surface area contributed by atoms with Crippen LogP contribution in [0.5, 0.6) is 0 Å². The molecule has 4 nitrogen and oxygen atoms in total. The fourth-order valence-electron chi connectivity index (χ4n) is 1.29. The maximum absolute atomic E-state index is 4.24. The minimum absolute atomic E-state index is 0.610. The van der Waals surface area contributed by atoms with Crippen LogP contribution in [0.4, 0.5) is 0 Å². The van der Waals surface area contributed by atoms with Crippen LogP contribution >= 0.6 is 0 Å². The lowest BCUT2D eigenvalue weighted by atomic mass is 10.3. The number of aryl methyl sites for hydroxylation is 1. The minimum Gasteiger partial charge on any atom is -0.348 e. The Hall–Kier alpha value is -0.870. The Bertz CT molecular complexity index is 280. The molecule has 15 heavy (non-hydrogen) atoms. The lowest BCUT2D eigenvalue weighted by Crippen LogP contribution is -2.33. The summed E-state index contributed by atoms with van der Waals surface area (Å²) in [6.45, 7) is 9.38. The van der Waals surface area contributed by atoms with E-state index in [-0.39, 0.29) is 0 Å². The van der Waals surface area contributed by atoms with Crippen molar-refractivity contribution in [2.75, 3.05) is 20.1 Å². The highest BCUT2D eigenvalue weighted by atomic mass is 15.1. The van der Waals surface area contributed by atoms with Gasteiger partial charge in [-0.15, -0.1) is 0 Å². The molecule has 1 aromatic rings. The molecule has 86 valence electrons. The summed E-state index contributed by atoms with van der Waals surface area (Å²) in [5.74, 6) is 0. The Morgan fingerprint density at radius 1 is 1.53 bits per heavy atom. The van der Waals surface area contributed by atoms with E-state index in [4.69, 9.17) is 0 Å². The van der Waals surface area contributed by atoms with Gasteiger partial charge in [-0.2, -0.15) is 0 Å². The predicted octanol–water partition coefficient (Wildman–Crippen LogP) is 1.15. The second-order valence-electron chi connectivity index (χ2n) is 4.23. The molecule has 0 fully saturated rings. The number of hydrogen-bond donors (Lipinski definition) is 2. The second-order valence-corrected chi connectivity index (χ2v) is 4.23. The molecule has 0 radical (unpaired) electrons. The maximum Gasteiger partial charge on any atom is 0.0925 e. The van der Waals surface area contributed by atoms with Gasteiger partial charge in [0.05, 0.1) is 12.0 Å². The van der Waals surface area contributed by atoms with Crippen molar-refractivity contribution in [3.05, 3.63) is 17.7 Å². The normalized spacial score (nSPS) is 11.6. The number of nitrogens with zero attached hydrogens (tertiary/aromatic N) is 2. The van der Waals surface area contributed by atoms with Crippen LogP contribution in [0.3, 0.4) is 0 Å². The fraction of sp³-hybridized carbons (Fsp3) is 0.727. The summed E-state index contributed by atoms with van der Waals surface area (Å²) < 4.78 is 0. The highest BCUT2D eigenvalue weighted by molar-refractivity contribution is 5.07. The van der Waals surface area contributed by atoms with E-state index < -0.39 is 0 Å². The van der Waals surface area contributed by atoms with Gasteiger partial charge in [-0.25, -0.2) is 4.98 Å². The standard InChI is InChI=1S/C11H22N4/c1-9(2)15(4)6-5-12-7-11-10(3)13-8-14-11/h8-9,12H,5-7H2,1-4H3,(H,13,14). The van der Waals surface area contributed by atoms with Crippen molar-refractivity contribution >= 4 is 0 Å². The van der Waals surface area contributed by atoms with E-state index in [1.54, 1.807) is 6.33 Å². The molecule has 0 saturated carbocycles. The van der Waals surface area contributed by atoms with Crippen molar-refractivity contribution in [1.82, 2.24) is 20.2 Å². The van der Waals surface area contributed by atoms with Gasteiger partial charge in [0.1, 0.15) is 0 Å². The minimum atomic E-state index is 0.610. The molecular weight excluding hydrogens is 188 g/mol. The third-order valence-corrected chi connectivity index (χ3v) is 2.75. The average Bonchev–Trinajstić information content (AvgIpc) is 2.58. The monoisotopic (exact) mass is 210 g/mol. The molecule has 0 aromatic carbocycles. The Labute approximate surface area is 92.1 Å². The third-order valence-electron chi connectivity index (χ3n) is 2.75. The molecule has 0 saturated heterocycles. The smallest absolute Gasteiger partial charge is 0.0925 e. The first-order valence-corrected chi connectivity index (χ1v) is 5.51. The summed E-state index contributed by atoms with van der Waals surface area (Å²) in [5.41, 5.74) is 2.27. The van der Waals surface area contributed by atoms with Crippen LogP contribution < -0.4 is 5.32 Å². The number of nitrogens with one attached hydrogen (secondary N) is 2. The maximum atomic E-state index is 4.24. The number of H-pyrrole nitrogens is 1. The molecule has 1 heterocycles. The van der Waals surface area contributed by atoms with E-state index in [1.807, 2.05) is 6.92 Å². The molecule has 0 aliphatic rings. The van der Waals surface area contributed by atoms with Gasteiger partial charge in [-0.05, 0) is 27.8 Å². The first-order chi connectivity index (χ1) is 7.11. The van der Waals surface area contributed by atoms with Crippen molar-refractivity contribution in [1.29, 1.82) is 0 Å². The van der Waals surface area contributed by atoms with Gasteiger partial charge in [-0.1, -0.05) is 0 Å². The summed E-state index contributed by atoms with van der Waals surface area (Å²) in [7, 11) is 2.14. The summed E-state index contributed by atoms with van der Waals surface area (Å²) in [6, 6.07) is 0.610. The van der Waals surface area contributed by atoms with E-state index in [1.165, 1.54) is 0 Å². The van der Waals surface area contributed by atoms with Crippen LogP contribution in [0.1, 0.15) is 25.2 Å². The predicted molar refractivity (Wildman–Crippen MR) is 62.8 cm³/mol. The van der Waals surface area contributed by atoms with Gasteiger partial charge >= 0.3 is 0 Å². The van der Waals surface area contributed by atoms with Gasteiger partial charge < -0.3 is 15.2 Å². The number of rotatable bonds is 6. The molecule has 1 rings (SSSR count). The summed E-state index contributed by atoms with van der Waals surface area (Å²) in [4.78, 5) is 9.63. The van der Waals surface area contributed by atoms with Crippen LogP contribution in [0.2, 0.25) is 0 Å². The lowest BCUT2D eigenvalue weighted by molar-refractivity contribution is 0.273. The molecule has 1 aromatic heterocycles. The van der Waals surface area contributed by atoms with Crippen LogP contribution in [0.15, 0.2) is 6.33 Å². The van der Waals surface area contributed by atoms with Crippen molar-refractivity contribution in [3.8, 4) is 0 Å². The first-order valence-electron chi connectivity index (χ1n) is 5.51. The van der Waals surface area contributed by atoms with E-state index in [0.29, 0.717) is 6.04 Å². The molecule has 0 amide bonds. The number of likely N-dealkylation sites (N-methyl/N-ethyl adjacent to an activating group) is 1. The van der Waals surface area contributed by atoms with Gasteiger partial charge in [0.25, 0.3) is 0 Å². The molecule has 0 atom stereocenters. The molecule has 0 bridgehead atoms. The fourth-order valence-corrected chi connectivity index (χ4v) is 1.29. The molecule has 0 spiro atoms. The van der Waals surface area contributed by atoms with Crippen LogP contribution in [0.25, 0.3) is 0 Å². The molecule has 0 aliphatic heterocycles. The van der Waals surface area contributed by atoms with E-state index in [0.717, 1.165) is 31.0 Å². The van der Waals surface area contributed by atoms with Crippen molar-refractivity contribution in [2.24, 2.45) is 0 Å². The zero-order valence-electron chi connectivity index (χ0n) is 10.2. The van der Waals surface area contributed by atoms with E-state index >= 15 is 0 Å². The Balaban J connectivity index is 2.15. The topological polar surface area (TPSA) is 44.0 Å². The third kappa shape index (κ3) is 4.01. The summed E-state index contributed by atoms with van der Waals surface area (Å²) in [5, 5.41) is 3.39. The number of aromatic nitrogens is 2.